The second-order valence-corrected chi connectivity index (χ2v) is 6.56. The SMILES string of the molecule is FCCc1ccc(-c2ccc(-c3ccc(OC(F)(F)C(F)F)c(F)c3)c(F)c2)c(F)c1. The number of aryl methyl sites for hydroxylation is 1. The molecule has 0 saturated heterocycles. The van der Waals surface area contributed by atoms with Gasteiger partial charge in [0.25, 0.3) is 0 Å². The van der Waals surface area contributed by atoms with Crippen LogP contribution in [0.4, 0.5) is 35.1 Å². The minimum absolute atomic E-state index is 0.0407. The van der Waals surface area contributed by atoms with E-state index < -0.39 is 42.4 Å². The molecule has 3 aromatic rings. The van der Waals surface area contributed by atoms with Gasteiger partial charge in [-0.15, -0.1) is 0 Å². The quantitative estimate of drug-likeness (QED) is 0.349. The van der Waals surface area contributed by atoms with Crippen LogP contribution in [-0.2, 0) is 6.42 Å². The average Bonchev–Trinajstić information content (AvgIpc) is 2.70. The van der Waals surface area contributed by atoms with E-state index in [1.807, 2.05) is 0 Å². The Morgan fingerprint density at radius 3 is 1.81 bits per heavy atom. The lowest BCUT2D eigenvalue weighted by Gasteiger charge is -2.17. The molecule has 0 aliphatic heterocycles. The fourth-order valence-electron chi connectivity index (χ4n) is 2.92. The summed E-state index contributed by atoms with van der Waals surface area (Å²) in [5, 5.41) is 0. The molecule has 0 unspecified atom stereocenters. The van der Waals surface area contributed by atoms with E-state index in [0.717, 1.165) is 18.2 Å². The third-order valence-electron chi connectivity index (χ3n) is 4.44. The van der Waals surface area contributed by atoms with Gasteiger partial charge in [0.15, 0.2) is 11.6 Å². The van der Waals surface area contributed by atoms with E-state index in [1.165, 1.54) is 24.3 Å². The van der Waals surface area contributed by atoms with Gasteiger partial charge in [-0.05, 0) is 41.0 Å². The molecule has 0 aromatic heterocycles. The molecule has 0 saturated carbocycles. The van der Waals surface area contributed by atoms with E-state index in [-0.39, 0.29) is 28.7 Å². The van der Waals surface area contributed by atoms with Gasteiger partial charge in [0, 0.05) is 17.5 Å². The number of benzene rings is 3. The maximum absolute atomic E-state index is 14.6. The number of rotatable bonds is 7. The molecule has 0 radical (unpaired) electrons. The topological polar surface area (TPSA) is 9.23 Å². The molecule has 0 bridgehead atoms. The highest BCUT2D eigenvalue weighted by Gasteiger charge is 2.44. The molecule has 0 N–H and O–H groups in total. The van der Waals surface area contributed by atoms with E-state index in [4.69, 9.17) is 0 Å². The molecular weight excluding hydrogens is 432 g/mol. The molecule has 164 valence electrons. The highest BCUT2D eigenvalue weighted by molar-refractivity contribution is 5.72. The Morgan fingerprint density at radius 1 is 0.742 bits per heavy atom. The van der Waals surface area contributed by atoms with Crippen molar-refractivity contribution in [3.05, 3.63) is 77.6 Å². The summed E-state index contributed by atoms with van der Waals surface area (Å²) in [7, 11) is 0. The molecule has 3 rings (SSSR count). The molecule has 3 aromatic carbocycles. The third-order valence-corrected chi connectivity index (χ3v) is 4.44. The molecule has 0 atom stereocenters. The monoisotopic (exact) mass is 446 g/mol. The summed E-state index contributed by atoms with van der Waals surface area (Å²) in [6.45, 7) is -0.651. The van der Waals surface area contributed by atoms with Crippen LogP contribution in [0.1, 0.15) is 5.56 Å². The molecule has 31 heavy (non-hydrogen) atoms. The van der Waals surface area contributed by atoms with Crippen LogP contribution >= 0.6 is 0 Å². The first-order valence-corrected chi connectivity index (χ1v) is 8.91. The Bertz CT molecular complexity index is 1080. The first kappa shape index (κ1) is 22.6. The summed E-state index contributed by atoms with van der Waals surface area (Å²) >= 11 is 0. The summed E-state index contributed by atoms with van der Waals surface area (Å²) in [6.07, 6.45) is -9.01. The number of hydrogen-bond acceptors (Lipinski definition) is 1. The number of alkyl halides is 5. The molecule has 0 fully saturated rings. The molecule has 1 nitrogen and oxygen atoms in total. The Morgan fingerprint density at radius 2 is 1.29 bits per heavy atom. The highest BCUT2D eigenvalue weighted by atomic mass is 19.3. The van der Waals surface area contributed by atoms with Gasteiger partial charge in [-0.3, -0.25) is 4.39 Å². The van der Waals surface area contributed by atoms with Crippen LogP contribution in [0.3, 0.4) is 0 Å². The zero-order valence-electron chi connectivity index (χ0n) is 15.6. The lowest BCUT2D eigenvalue weighted by molar-refractivity contribution is -0.254. The zero-order valence-corrected chi connectivity index (χ0v) is 15.6. The van der Waals surface area contributed by atoms with Crippen molar-refractivity contribution in [3.8, 4) is 28.0 Å². The summed E-state index contributed by atoms with van der Waals surface area (Å²) in [5.41, 5.74) is 0.466. The van der Waals surface area contributed by atoms with Crippen molar-refractivity contribution in [3.63, 3.8) is 0 Å². The van der Waals surface area contributed by atoms with Crippen molar-refractivity contribution in [2.24, 2.45) is 0 Å². The van der Waals surface area contributed by atoms with Crippen molar-refractivity contribution < 1.29 is 39.9 Å². The fourth-order valence-corrected chi connectivity index (χ4v) is 2.92. The van der Waals surface area contributed by atoms with Gasteiger partial charge in [0.05, 0.1) is 6.67 Å². The van der Waals surface area contributed by atoms with Crippen molar-refractivity contribution in [2.75, 3.05) is 6.67 Å². The molecule has 0 aliphatic rings. The first-order chi connectivity index (χ1) is 14.6. The van der Waals surface area contributed by atoms with Gasteiger partial charge in [-0.25, -0.2) is 13.2 Å². The molecule has 0 amide bonds. The fraction of sp³-hybridized carbons (Fsp3) is 0.182. The summed E-state index contributed by atoms with van der Waals surface area (Å²) in [5.74, 6) is -4.06. The molecule has 9 heteroatoms. The second-order valence-electron chi connectivity index (χ2n) is 6.56. The lowest BCUT2D eigenvalue weighted by Crippen LogP contribution is -2.33. The van der Waals surface area contributed by atoms with Crippen molar-refractivity contribution in [2.45, 2.75) is 19.0 Å². The molecule has 0 spiro atoms. The van der Waals surface area contributed by atoms with Crippen LogP contribution in [0.2, 0.25) is 0 Å². The minimum Gasteiger partial charge on any atom is -0.425 e. The Hall–Kier alpha value is -3.10. The maximum atomic E-state index is 14.6. The summed E-state index contributed by atoms with van der Waals surface area (Å²) < 4.78 is 109. The van der Waals surface area contributed by atoms with Crippen LogP contribution in [-0.4, -0.2) is 19.2 Å². The van der Waals surface area contributed by atoms with Gasteiger partial charge < -0.3 is 4.74 Å². The van der Waals surface area contributed by atoms with Crippen LogP contribution in [0.25, 0.3) is 22.3 Å². The smallest absolute Gasteiger partial charge is 0.425 e. The van der Waals surface area contributed by atoms with E-state index in [9.17, 15) is 35.1 Å². The minimum atomic E-state index is -4.89. The summed E-state index contributed by atoms with van der Waals surface area (Å²) in [4.78, 5) is 0. The van der Waals surface area contributed by atoms with Gasteiger partial charge in [0.1, 0.15) is 11.6 Å². The number of halogens is 8. The van der Waals surface area contributed by atoms with Crippen LogP contribution in [0.15, 0.2) is 54.6 Å². The van der Waals surface area contributed by atoms with E-state index in [2.05, 4.69) is 4.74 Å². The van der Waals surface area contributed by atoms with Crippen molar-refractivity contribution >= 4 is 0 Å². The van der Waals surface area contributed by atoms with E-state index in [1.54, 1.807) is 0 Å². The van der Waals surface area contributed by atoms with Crippen LogP contribution in [0, 0.1) is 17.5 Å². The standard InChI is InChI=1S/C22H14F8O/c23-8-7-12-1-4-15(17(24)9-12)13-2-5-16(18(25)10-13)14-3-6-20(19(26)11-14)31-22(29,30)21(27)28/h1-6,9-11,21H,7-8H2. The zero-order chi connectivity index (χ0) is 22.8. The molecule has 0 aliphatic carbocycles. The maximum Gasteiger partial charge on any atom is 0.461 e. The number of ether oxygens (including phenoxy) is 1. The van der Waals surface area contributed by atoms with Crippen molar-refractivity contribution in [1.82, 2.24) is 0 Å². The van der Waals surface area contributed by atoms with Crippen LogP contribution in [0.5, 0.6) is 5.75 Å². The van der Waals surface area contributed by atoms with Crippen LogP contribution < -0.4 is 4.74 Å². The van der Waals surface area contributed by atoms with E-state index in [0.29, 0.717) is 17.7 Å². The van der Waals surface area contributed by atoms with Gasteiger partial charge in [0.2, 0.25) is 0 Å². The largest absolute Gasteiger partial charge is 0.461 e. The summed E-state index contributed by atoms with van der Waals surface area (Å²) in [6, 6.07) is 9.96. The lowest BCUT2D eigenvalue weighted by atomic mass is 9.98. The Kier molecular flexibility index (Phi) is 6.52. The third kappa shape index (κ3) is 4.98. The number of hydrogen-bond donors (Lipinski definition) is 0. The Balaban J connectivity index is 1.89. The Labute approximate surface area is 171 Å². The van der Waals surface area contributed by atoms with Gasteiger partial charge in [-0.1, -0.05) is 30.3 Å². The average molecular weight is 446 g/mol. The van der Waals surface area contributed by atoms with Gasteiger partial charge in [-0.2, -0.15) is 17.6 Å². The van der Waals surface area contributed by atoms with E-state index >= 15 is 0 Å². The predicted molar refractivity (Wildman–Crippen MR) is 98.4 cm³/mol. The van der Waals surface area contributed by atoms with Crippen molar-refractivity contribution in [1.29, 1.82) is 0 Å². The second kappa shape index (κ2) is 8.95. The highest BCUT2D eigenvalue weighted by Crippen LogP contribution is 2.34. The predicted octanol–water partition coefficient (Wildman–Crippen LogP) is 7.19. The van der Waals surface area contributed by atoms with Gasteiger partial charge >= 0.3 is 12.5 Å². The molecule has 0 heterocycles. The normalized spacial score (nSPS) is 11.8. The first-order valence-electron chi connectivity index (χ1n) is 8.91. The molecular formula is C22H14F8O.